The Kier molecular flexibility index (Phi) is 5.98. The van der Waals surface area contributed by atoms with Gasteiger partial charge in [-0.05, 0) is 37.2 Å². The second-order valence-corrected chi connectivity index (χ2v) is 5.95. The quantitative estimate of drug-likeness (QED) is 0.573. The van der Waals surface area contributed by atoms with E-state index < -0.39 is 14.1 Å². The fourth-order valence-electron chi connectivity index (χ4n) is 1.67. The topological polar surface area (TPSA) is 96.8 Å². The fraction of sp³-hybridized carbons (Fsp3) is 0.200. The van der Waals surface area contributed by atoms with E-state index in [1.165, 1.54) is 0 Å². The summed E-state index contributed by atoms with van der Waals surface area (Å²) < 4.78 is 29.0. The molecule has 0 amide bonds. The number of benzene rings is 2. The summed E-state index contributed by atoms with van der Waals surface area (Å²) in [4.78, 5) is 0. The van der Waals surface area contributed by atoms with Gasteiger partial charge in [0.25, 0.3) is 0 Å². The minimum Gasteiger partial charge on any atom is -0.395 e. The maximum Gasteiger partial charge on any atom is 0.589 e. The van der Waals surface area contributed by atoms with Gasteiger partial charge in [0.05, 0.1) is 0 Å². The van der Waals surface area contributed by atoms with Gasteiger partial charge in [0.15, 0.2) is 0 Å². The molecule has 0 aliphatic carbocycles. The first kappa shape index (κ1) is 16.5. The van der Waals surface area contributed by atoms with Crippen LogP contribution in [0.25, 0.3) is 0 Å². The molecular formula is C15H19N2O4P. The maximum absolute atomic E-state index is 12.8. The van der Waals surface area contributed by atoms with Crippen molar-refractivity contribution in [1.82, 2.24) is 0 Å². The number of rotatable bonds is 8. The van der Waals surface area contributed by atoms with Crippen molar-refractivity contribution in [2.45, 2.75) is 12.6 Å². The monoisotopic (exact) mass is 322 g/mol. The number of hydrogen-bond donors (Lipinski definition) is 2. The molecule has 1 unspecified atom stereocenters. The van der Waals surface area contributed by atoms with Crippen molar-refractivity contribution in [2.75, 3.05) is 6.54 Å². The molecule has 0 aromatic heterocycles. The highest BCUT2D eigenvalue weighted by atomic mass is 31.2. The third kappa shape index (κ3) is 5.16. The minimum absolute atomic E-state index is 0.303. The fourth-order valence-corrected chi connectivity index (χ4v) is 2.99. The van der Waals surface area contributed by atoms with Crippen LogP contribution in [0.2, 0.25) is 0 Å². The van der Waals surface area contributed by atoms with Crippen molar-refractivity contribution >= 4 is 7.82 Å². The van der Waals surface area contributed by atoms with Crippen molar-refractivity contribution in [3.8, 4) is 11.5 Å². The van der Waals surface area contributed by atoms with E-state index in [1.54, 1.807) is 48.5 Å². The Bertz CT molecular complexity index is 564. The standard InChI is InChI=1S/C15H19N2O4P/c16-12-11-15(17)21-22(18,19-13-7-3-1-4-8-13)20-14-9-5-2-6-10-14/h1-10,15H,11-12,16-17H2. The highest BCUT2D eigenvalue weighted by Crippen LogP contribution is 2.50. The summed E-state index contributed by atoms with van der Waals surface area (Å²) >= 11 is 0. The second kappa shape index (κ2) is 7.96. The van der Waals surface area contributed by atoms with Crippen molar-refractivity contribution in [3.05, 3.63) is 60.7 Å². The highest BCUT2D eigenvalue weighted by Gasteiger charge is 2.33. The zero-order valence-electron chi connectivity index (χ0n) is 12.0. The summed E-state index contributed by atoms with van der Waals surface area (Å²) in [5.41, 5.74) is 11.2. The molecule has 7 heteroatoms. The molecule has 2 aromatic carbocycles. The van der Waals surface area contributed by atoms with Crippen molar-refractivity contribution in [1.29, 1.82) is 0 Å². The Labute approximate surface area is 129 Å². The van der Waals surface area contributed by atoms with Gasteiger partial charge in [-0.1, -0.05) is 36.4 Å². The molecule has 2 aromatic rings. The highest BCUT2D eigenvalue weighted by molar-refractivity contribution is 7.49. The van der Waals surface area contributed by atoms with Gasteiger partial charge in [-0.15, -0.1) is 0 Å². The minimum atomic E-state index is -3.93. The number of nitrogens with two attached hydrogens (primary N) is 2. The van der Waals surface area contributed by atoms with Gasteiger partial charge in [-0.25, -0.2) is 9.09 Å². The Hall–Kier alpha value is -1.85. The molecule has 6 nitrogen and oxygen atoms in total. The van der Waals surface area contributed by atoms with E-state index in [1.807, 2.05) is 12.1 Å². The third-order valence-electron chi connectivity index (χ3n) is 2.64. The van der Waals surface area contributed by atoms with E-state index in [0.29, 0.717) is 24.5 Å². The van der Waals surface area contributed by atoms with E-state index in [4.69, 9.17) is 25.0 Å². The van der Waals surface area contributed by atoms with E-state index in [-0.39, 0.29) is 0 Å². The molecule has 0 saturated carbocycles. The van der Waals surface area contributed by atoms with Crippen molar-refractivity contribution < 1.29 is 18.1 Å². The van der Waals surface area contributed by atoms with Gasteiger partial charge in [-0.3, -0.25) is 0 Å². The Morgan fingerprint density at radius 2 is 1.36 bits per heavy atom. The summed E-state index contributed by atoms with van der Waals surface area (Å²) in [6.45, 7) is 0.303. The lowest BCUT2D eigenvalue weighted by Gasteiger charge is -2.22. The van der Waals surface area contributed by atoms with Gasteiger partial charge in [-0.2, -0.15) is 0 Å². The van der Waals surface area contributed by atoms with Crippen LogP contribution in [0.4, 0.5) is 0 Å². The largest absolute Gasteiger partial charge is 0.589 e. The van der Waals surface area contributed by atoms with E-state index >= 15 is 0 Å². The molecule has 1 atom stereocenters. The zero-order valence-corrected chi connectivity index (χ0v) is 12.9. The van der Waals surface area contributed by atoms with Crippen LogP contribution in [0.1, 0.15) is 6.42 Å². The first-order valence-corrected chi connectivity index (χ1v) is 8.31. The summed E-state index contributed by atoms with van der Waals surface area (Å²) in [7, 11) is -3.93. The Morgan fingerprint density at radius 3 is 1.77 bits per heavy atom. The number of hydrogen-bond acceptors (Lipinski definition) is 6. The number of phosphoric acid groups is 1. The van der Waals surface area contributed by atoms with Crippen LogP contribution in [0.5, 0.6) is 11.5 Å². The van der Waals surface area contributed by atoms with Crippen LogP contribution in [-0.4, -0.2) is 12.8 Å². The molecule has 4 N–H and O–H groups in total. The predicted octanol–water partition coefficient (Wildman–Crippen LogP) is 2.90. The third-order valence-corrected chi connectivity index (χ3v) is 4.03. The molecule has 118 valence electrons. The summed E-state index contributed by atoms with van der Waals surface area (Å²) in [5.74, 6) is 0.725. The van der Waals surface area contributed by atoms with Gasteiger partial charge >= 0.3 is 7.82 Å². The van der Waals surface area contributed by atoms with Crippen molar-refractivity contribution in [3.63, 3.8) is 0 Å². The number of phosphoric ester groups is 1. The van der Waals surface area contributed by atoms with Crippen LogP contribution in [0.3, 0.4) is 0 Å². The SMILES string of the molecule is NCCC(N)OP(=O)(Oc1ccccc1)Oc1ccccc1. The maximum atomic E-state index is 12.8. The Balaban J connectivity index is 2.17. The van der Waals surface area contributed by atoms with Gasteiger partial charge in [0.2, 0.25) is 0 Å². The molecule has 0 bridgehead atoms. The van der Waals surface area contributed by atoms with Crippen LogP contribution >= 0.6 is 7.82 Å². The van der Waals surface area contributed by atoms with Crippen LogP contribution in [0, 0.1) is 0 Å². The van der Waals surface area contributed by atoms with Gasteiger partial charge in [0.1, 0.15) is 17.7 Å². The summed E-state index contributed by atoms with van der Waals surface area (Å²) in [6.07, 6.45) is -0.511. The van der Waals surface area contributed by atoms with Crippen LogP contribution < -0.4 is 20.5 Å². The summed E-state index contributed by atoms with van der Waals surface area (Å²) in [5, 5.41) is 0. The van der Waals surface area contributed by atoms with Gasteiger partial charge < -0.3 is 20.5 Å². The van der Waals surface area contributed by atoms with E-state index in [9.17, 15) is 4.57 Å². The van der Waals surface area contributed by atoms with E-state index in [0.717, 1.165) is 0 Å². The molecule has 0 spiro atoms. The smallest absolute Gasteiger partial charge is 0.395 e. The first-order valence-electron chi connectivity index (χ1n) is 6.85. The average molecular weight is 322 g/mol. The average Bonchev–Trinajstić information content (AvgIpc) is 2.49. The van der Waals surface area contributed by atoms with Crippen LogP contribution in [0.15, 0.2) is 60.7 Å². The van der Waals surface area contributed by atoms with Crippen LogP contribution in [-0.2, 0) is 9.09 Å². The lowest BCUT2D eigenvalue weighted by Crippen LogP contribution is -2.27. The first-order chi connectivity index (χ1) is 10.6. The van der Waals surface area contributed by atoms with Crippen molar-refractivity contribution in [2.24, 2.45) is 11.5 Å². The molecule has 0 aliphatic rings. The molecule has 0 heterocycles. The molecule has 0 aliphatic heterocycles. The molecule has 22 heavy (non-hydrogen) atoms. The summed E-state index contributed by atoms with van der Waals surface area (Å²) in [6, 6.07) is 17.2. The van der Waals surface area contributed by atoms with E-state index in [2.05, 4.69) is 0 Å². The normalized spacial score (nSPS) is 12.6. The lowest BCUT2D eigenvalue weighted by molar-refractivity contribution is 0.142. The lowest BCUT2D eigenvalue weighted by atomic mass is 10.3. The zero-order chi connectivity index (χ0) is 15.8. The van der Waals surface area contributed by atoms with Gasteiger partial charge in [0, 0.05) is 0 Å². The molecule has 0 fully saturated rings. The molecule has 0 saturated heterocycles. The number of para-hydroxylation sites is 2. The Morgan fingerprint density at radius 1 is 0.909 bits per heavy atom. The molecule has 0 radical (unpaired) electrons. The predicted molar refractivity (Wildman–Crippen MR) is 84.5 cm³/mol. The second-order valence-electron chi connectivity index (χ2n) is 4.48. The molecular weight excluding hydrogens is 303 g/mol. The molecule has 2 rings (SSSR count).